The number of hydrogen-bond donors (Lipinski definition) is 1. The number of carbonyl (C=O) groups excluding carboxylic acids is 2. The zero-order valence-corrected chi connectivity index (χ0v) is 22.2. The number of nitro groups is 1. The molecule has 2 aromatic rings. The number of carbonyl (C=O) groups is 2. The molecule has 0 aliphatic rings. The first kappa shape index (κ1) is 28.9. The topological polar surface area (TPSA) is 139 Å². The van der Waals surface area contributed by atoms with Crippen LogP contribution in [-0.2, 0) is 26.2 Å². The Morgan fingerprint density at radius 2 is 1.83 bits per heavy atom. The summed E-state index contributed by atoms with van der Waals surface area (Å²) in [6.45, 7) is 4.31. The largest absolute Gasteiger partial charge is 0.495 e. The lowest BCUT2D eigenvalue weighted by Gasteiger charge is -2.32. The van der Waals surface area contributed by atoms with Crippen molar-refractivity contribution in [2.75, 3.05) is 24.2 Å². The Hall–Kier alpha value is -3.38. The van der Waals surface area contributed by atoms with E-state index in [0.29, 0.717) is 10.6 Å². The molecule has 11 nitrogen and oxygen atoms in total. The first-order valence-corrected chi connectivity index (χ1v) is 13.1. The van der Waals surface area contributed by atoms with E-state index < -0.39 is 39.3 Å². The van der Waals surface area contributed by atoms with Crippen molar-refractivity contribution >= 4 is 44.8 Å². The summed E-state index contributed by atoms with van der Waals surface area (Å²) < 4.78 is 31.4. The number of nitrogens with zero attached hydrogens (tertiary/aromatic N) is 3. The van der Waals surface area contributed by atoms with Gasteiger partial charge in [0.15, 0.2) is 0 Å². The fourth-order valence-electron chi connectivity index (χ4n) is 3.40. The number of hydrogen-bond acceptors (Lipinski definition) is 7. The van der Waals surface area contributed by atoms with E-state index in [2.05, 4.69) is 5.32 Å². The van der Waals surface area contributed by atoms with Crippen LogP contribution in [0.5, 0.6) is 5.75 Å². The van der Waals surface area contributed by atoms with Gasteiger partial charge in [0.25, 0.3) is 5.69 Å². The summed E-state index contributed by atoms with van der Waals surface area (Å²) in [5.74, 6) is -1.12. The van der Waals surface area contributed by atoms with Crippen molar-refractivity contribution < 1.29 is 27.7 Å². The first-order valence-electron chi connectivity index (χ1n) is 10.9. The summed E-state index contributed by atoms with van der Waals surface area (Å²) in [6.07, 6.45) is 0.870. The van der Waals surface area contributed by atoms with Crippen molar-refractivity contribution in [2.45, 2.75) is 39.4 Å². The van der Waals surface area contributed by atoms with Gasteiger partial charge < -0.3 is 15.0 Å². The van der Waals surface area contributed by atoms with Crippen molar-refractivity contribution in [1.29, 1.82) is 0 Å². The quantitative estimate of drug-likeness (QED) is 0.341. The van der Waals surface area contributed by atoms with E-state index in [1.54, 1.807) is 38.1 Å². The monoisotopic (exact) mass is 540 g/mol. The Labute approximate surface area is 215 Å². The van der Waals surface area contributed by atoms with E-state index in [0.717, 1.165) is 22.7 Å². The van der Waals surface area contributed by atoms with E-state index in [-0.39, 0.29) is 29.7 Å². The second kappa shape index (κ2) is 12.0. The Kier molecular flexibility index (Phi) is 9.65. The van der Waals surface area contributed by atoms with Gasteiger partial charge in [0.2, 0.25) is 21.8 Å². The van der Waals surface area contributed by atoms with Gasteiger partial charge in [-0.25, -0.2) is 8.42 Å². The maximum Gasteiger partial charge on any atom is 0.271 e. The Morgan fingerprint density at radius 1 is 1.17 bits per heavy atom. The van der Waals surface area contributed by atoms with Crippen molar-refractivity contribution in [3.63, 3.8) is 0 Å². The van der Waals surface area contributed by atoms with E-state index in [1.807, 2.05) is 0 Å². The molecule has 0 saturated heterocycles. The highest BCUT2D eigenvalue weighted by Gasteiger charge is 2.32. The van der Waals surface area contributed by atoms with Crippen LogP contribution in [-0.4, -0.2) is 62.0 Å². The number of ether oxygens (including phenoxy) is 1. The maximum atomic E-state index is 13.5. The number of non-ortho nitro benzene ring substituents is 1. The molecular formula is C23H29ClN4O7S. The number of amides is 2. The lowest BCUT2D eigenvalue weighted by molar-refractivity contribution is -0.384. The molecule has 0 saturated carbocycles. The Morgan fingerprint density at radius 3 is 2.36 bits per heavy atom. The van der Waals surface area contributed by atoms with Crippen molar-refractivity contribution in [2.24, 2.45) is 0 Å². The second-order valence-corrected chi connectivity index (χ2v) is 10.7. The maximum absolute atomic E-state index is 13.5. The molecule has 0 fully saturated rings. The number of rotatable bonds is 11. The van der Waals surface area contributed by atoms with Crippen LogP contribution < -0.4 is 14.4 Å². The molecule has 0 aromatic heterocycles. The molecule has 1 atom stereocenters. The molecule has 0 bridgehead atoms. The number of nitrogens with one attached hydrogen (secondary N) is 1. The van der Waals surface area contributed by atoms with E-state index >= 15 is 0 Å². The van der Waals surface area contributed by atoms with Crippen LogP contribution >= 0.6 is 11.6 Å². The zero-order valence-electron chi connectivity index (χ0n) is 20.6. The highest BCUT2D eigenvalue weighted by molar-refractivity contribution is 7.92. The molecular weight excluding hydrogens is 512 g/mol. The average Bonchev–Trinajstić information content (AvgIpc) is 2.78. The van der Waals surface area contributed by atoms with Crippen molar-refractivity contribution in [3.8, 4) is 5.75 Å². The molecule has 2 amide bonds. The summed E-state index contributed by atoms with van der Waals surface area (Å²) in [7, 11) is -2.83. The van der Waals surface area contributed by atoms with Crippen LogP contribution in [0.1, 0.15) is 26.3 Å². The molecule has 0 aliphatic carbocycles. The molecule has 1 N–H and O–H groups in total. The smallest absolute Gasteiger partial charge is 0.271 e. The second-order valence-electron chi connectivity index (χ2n) is 8.37. The minimum absolute atomic E-state index is 0.0193. The Balaban J connectivity index is 2.52. The fourth-order valence-corrected chi connectivity index (χ4v) is 4.46. The van der Waals surface area contributed by atoms with Crippen LogP contribution in [0.4, 0.5) is 11.4 Å². The van der Waals surface area contributed by atoms with Crippen LogP contribution in [0, 0.1) is 10.1 Å². The zero-order chi connectivity index (χ0) is 27.2. The molecule has 0 radical (unpaired) electrons. The standard InChI is InChI=1S/C23H29ClN4O7S/c1-15(2)25-23(30)16(3)26(13-17-7-6-8-18(24)11-17)22(29)14-27(36(5,33)34)20-12-19(28(31)32)9-10-21(20)35-4/h6-12,15-16H,13-14H2,1-5H3,(H,25,30)/t16-/m0/s1. The van der Waals surface area contributed by atoms with Crippen LogP contribution in [0.2, 0.25) is 5.02 Å². The molecule has 196 valence electrons. The van der Waals surface area contributed by atoms with Gasteiger partial charge >= 0.3 is 0 Å². The molecule has 0 unspecified atom stereocenters. The van der Waals surface area contributed by atoms with Gasteiger partial charge in [0.05, 0.1) is 18.3 Å². The third kappa shape index (κ3) is 7.56. The van der Waals surface area contributed by atoms with Gasteiger partial charge in [-0.2, -0.15) is 0 Å². The summed E-state index contributed by atoms with van der Waals surface area (Å²) in [5, 5.41) is 14.5. The number of sulfonamides is 1. The fraction of sp³-hybridized carbons (Fsp3) is 0.391. The predicted molar refractivity (Wildman–Crippen MR) is 137 cm³/mol. The van der Waals surface area contributed by atoms with Gasteiger partial charge in [-0.05, 0) is 44.5 Å². The van der Waals surface area contributed by atoms with Gasteiger partial charge in [0, 0.05) is 29.7 Å². The molecule has 2 aromatic carbocycles. The Bertz CT molecular complexity index is 1240. The average molecular weight is 541 g/mol. The van der Waals surface area contributed by atoms with Gasteiger partial charge in [-0.3, -0.25) is 24.0 Å². The predicted octanol–water partition coefficient (Wildman–Crippen LogP) is 2.96. The minimum atomic E-state index is -4.10. The van der Waals surface area contributed by atoms with Crippen molar-refractivity contribution in [1.82, 2.24) is 10.2 Å². The van der Waals surface area contributed by atoms with E-state index in [1.165, 1.54) is 25.0 Å². The lowest BCUT2D eigenvalue weighted by atomic mass is 10.1. The highest BCUT2D eigenvalue weighted by Crippen LogP contribution is 2.34. The van der Waals surface area contributed by atoms with Crippen LogP contribution in [0.25, 0.3) is 0 Å². The molecule has 0 heterocycles. The van der Waals surface area contributed by atoms with Crippen molar-refractivity contribution in [3.05, 3.63) is 63.2 Å². The summed E-state index contributed by atoms with van der Waals surface area (Å²) in [4.78, 5) is 38.2. The first-order chi connectivity index (χ1) is 16.7. The van der Waals surface area contributed by atoms with Crippen LogP contribution in [0.3, 0.4) is 0 Å². The summed E-state index contributed by atoms with van der Waals surface area (Å²) >= 11 is 6.08. The number of benzene rings is 2. The number of methoxy groups -OCH3 is 1. The molecule has 0 aliphatic heterocycles. The summed E-state index contributed by atoms with van der Waals surface area (Å²) in [5.41, 5.74) is 0.0655. The molecule has 2 rings (SSSR count). The third-order valence-corrected chi connectivity index (χ3v) is 6.52. The molecule has 13 heteroatoms. The van der Waals surface area contributed by atoms with Gasteiger partial charge in [-0.1, -0.05) is 23.7 Å². The highest BCUT2D eigenvalue weighted by atomic mass is 35.5. The number of nitro benzene ring substituents is 1. The summed E-state index contributed by atoms with van der Waals surface area (Å²) in [6, 6.07) is 8.97. The normalized spacial score (nSPS) is 12.1. The number of halogens is 1. The van der Waals surface area contributed by atoms with E-state index in [9.17, 15) is 28.1 Å². The molecule has 0 spiro atoms. The van der Waals surface area contributed by atoms with Gasteiger partial charge in [-0.15, -0.1) is 0 Å². The molecule has 36 heavy (non-hydrogen) atoms. The van der Waals surface area contributed by atoms with Crippen LogP contribution in [0.15, 0.2) is 42.5 Å². The van der Waals surface area contributed by atoms with E-state index in [4.69, 9.17) is 16.3 Å². The SMILES string of the molecule is COc1ccc([N+](=O)[O-])cc1N(CC(=O)N(Cc1cccc(Cl)c1)[C@@H](C)C(=O)NC(C)C)S(C)(=O)=O. The lowest BCUT2D eigenvalue weighted by Crippen LogP contribution is -2.52. The van der Waals surface area contributed by atoms with Gasteiger partial charge in [0.1, 0.15) is 24.0 Å². The number of anilines is 1. The third-order valence-electron chi connectivity index (χ3n) is 5.16. The minimum Gasteiger partial charge on any atom is -0.495 e.